The van der Waals surface area contributed by atoms with Gasteiger partial charge in [-0.3, -0.25) is 0 Å². The molecule has 0 aliphatic heterocycles. The third kappa shape index (κ3) is 3.95. The van der Waals surface area contributed by atoms with Crippen molar-refractivity contribution in [2.24, 2.45) is 5.73 Å². The van der Waals surface area contributed by atoms with Crippen molar-refractivity contribution in [3.8, 4) is 11.5 Å². The first-order valence-electron chi connectivity index (χ1n) is 7.01. The number of benzene rings is 1. The van der Waals surface area contributed by atoms with Crippen LogP contribution < -0.4 is 15.2 Å². The Balaban J connectivity index is 2.04. The van der Waals surface area contributed by atoms with Crippen LogP contribution in [0.4, 0.5) is 0 Å². The van der Waals surface area contributed by atoms with E-state index in [1.54, 1.807) is 7.11 Å². The predicted octanol–water partition coefficient (Wildman–Crippen LogP) is 2.63. The molecule has 6 nitrogen and oxygen atoms in total. The van der Waals surface area contributed by atoms with Crippen LogP contribution in [0.5, 0.6) is 11.5 Å². The minimum atomic E-state index is -0.0551. The van der Waals surface area contributed by atoms with Gasteiger partial charge in [0.2, 0.25) is 0 Å². The number of nitrogens with zero attached hydrogens (tertiary/aromatic N) is 2. The van der Waals surface area contributed by atoms with Crippen LogP contribution in [-0.2, 0) is 13.0 Å². The summed E-state index contributed by atoms with van der Waals surface area (Å²) in [5, 5.41) is 3.88. The van der Waals surface area contributed by atoms with Gasteiger partial charge >= 0.3 is 0 Å². The van der Waals surface area contributed by atoms with E-state index in [4.69, 9.17) is 19.7 Å². The zero-order chi connectivity index (χ0) is 15.2. The SMILES string of the molecule is CCCc1noc(COc2ccc([C@H](C)N)cc2OC)n1. The third-order valence-electron chi connectivity index (χ3n) is 3.05. The molecule has 0 aliphatic rings. The average Bonchev–Trinajstić information content (AvgIpc) is 2.93. The molecule has 0 bridgehead atoms. The van der Waals surface area contributed by atoms with Gasteiger partial charge in [-0.1, -0.05) is 18.1 Å². The highest BCUT2D eigenvalue weighted by Gasteiger charge is 2.11. The summed E-state index contributed by atoms with van der Waals surface area (Å²) in [7, 11) is 1.60. The Morgan fingerprint density at radius 1 is 1.33 bits per heavy atom. The second kappa shape index (κ2) is 7.08. The van der Waals surface area contributed by atoms with E-state index in [0.717, 1.165) is 18.4 Å². The molecular weight excluding hydrogens is 270 g/mol. The number of aryl methyl sites for hydroxylation is 1. The minimum absolute atomic E-state index is 0.0551. The molecule has 0 unspecified atom stereocenters. The fraction of sp³-hybridized carbons (Fsp3) is 0.467. The predicted molar refractivity (Wildman–Crippen MR) is 78.2 cm³/mol. The maximum atomic E-state index is 5.85. The van der Waals surface area contributed by atoms with Crippen LogP contribution in [0.3, 0.4) is 0 Å². The van der Waals surface area contributed by atoms with Gasteiger partial charge in [-0.25, -0.2) is 0 Å². The van der Waals surface area contributed by atoms with Crippen molar-refractivity contribution in [2.45, 2.75) is 39.3 Å². The Hall–Kier alpha value is -2.08. The molecule has 2 aromatic rings. The second-order valence-corrected chi connectivity index (χ2v) is 4.84. The van der Waals surface area contributed by atoms with E-state index < -0.39 is 0 Å². The molecule has 0 saturated carbocycles. The zero-order valence-corrected chi connectivity index (χ0v) is 12.6. The Morgan fingerprint density at radius 3 is 2.81 bits per heavy atom. The topological polar surface area (TPSA) is 83.4 Å². The van der Waals surface area contributed by atoms with Crippen molar-refractivity contribution in [3.05, 3.63) is 35.5 Å². The summed E-state index contributed by atoms with van der Waals surface area (Å²) >= 11 is 0. The molecule has 0 amide bonds. The Bertz CT molecular complexity index is 581. The normalized spacial score (nSPS) is 12.2. The molecule has 0 radical (unpaired) electrons. The van der Waals surface area contributed by atoms with Crippen LogP contribution in [0.2, 0.25) is 0 Å². The van der Waals surface area contributed by atoms with Crippen LogP contribution in [0.1, 0.15) is 43.6 Å². The lowest BCUT2D eigenvalue weighted by Gasteiger charge is -2.12. The van der Waals surface area contributed by atoms with Gasteiger partial charge in [-0.05, 0) is 31.0 Å². The smallest absolute Gasteiger partial charge is 0.264 e. The second-order valence-electron chi connectivity index (χ2n) is 4.84. The molecule has 21 heavy (non-hydrogen) atoms. The van der Waals surface area contributed by atoms with Gasteiger partial charge in [-0.2, -0.15) is 4.98 Å². The Labute approximate surface area is 124 Å². The Morgan fingerprint density at radius 2 is 2.14 bits per heavy atom. The van der Waals surface area contributed by atoms with Crippen LogP contribution in [0.15, 0.2) is 22.7 Å². The fourth-order valence-electron chi connectivity index (χ4n) is 1.90. The molecule has 0 saturated heterocycles. The number of methoxy groups -OCH3 is 1. The summed E-state index contributed by atoms with van der Waals surface area (Å²) in [5.41, 5.74) is 6.84. The lowest BCUT2D eigenvalue weighted by atomic mass is 10.1. The first kappa shape index (κ1) is 15.3. The van der Waals surface area contributed by atoms with E-state index >= 15 is 0 Å². The zero-order valence-electron chi connectivity index (χ0n) is 12.6. The van der Waals surface area contributed by atoms with Gasteiger partial charge < -0.3 is 19.7 Å². The van der Waals surface area contributed by atoms with Gasteiger partial charge in [0.1, 0.15) is 0 Å². The molecule has 1 aromatic carbocycles. The lowest BCUT2D eigenvalue weighted by molar-refractivity contribution is 0.233. The van der Waals surface area contributed by atoms with Crippen molar-refractivity contribution < 1.29 is 14.0 Å². The first-order chi connectivity index (χ1) is 10.1. The summed E-state index contributed by atoms with van der Waals surface area (Å²) in [6.45, 7) is 4.20. The average molecular weight is 291 g/mol. The number of aromatic nitrogens is 2. The number of hydrogen-bond acceptors (Lipinski definition) is 6. The summed E-state index contributed by atoms with van der Waals surface area (Å²) in [6.07, 6.45) is 1.78. The number of rotatable bonds is 7. The summed E-state index contributed by atoms with van der Waals surface area (Å²) in [4.78, 5) is 4.25. The largest absolute Gasteiger partial charge is 0.493 e. The van der Waals surface area contributed by atoms with Crippen molar-refractivity contribution >= 4 is 0 Å². The number of hydrogen-bond donors (Lipinski definition) is 1. The van der Waals surface area contributed by atoms with Crippen LogP contribution in [0.25, 0.3) is 0 Å². The van der Waals surface area contributed by atoms with E-state index in [1.807, 2.05) is 25.1 Å². The molecule has 2 rings (SSSR count). The van der Waals surface area contributed by atoms with Gasteiger partial charge in [0.05, 0.1) is 7.11 Å². The third-order valence-corrected chi connectivity index (χ3v) is 3.05. The fourth-order valence-corrected chi connectivity index (χ4v) is 1.90. The van der Waals surface area contributed by atoms with E-state index in [-0.39, 0.29) is 12.6 Å². The highest BCUT2D eigenvalue weighted by atomic mass is 16.5. The summed E-state index contributed by atoms with van der Waals surface area (Å²) < 4.78 is 16.1. The standard InChI is InChI=1S/C15H21N3O3/c1-4-5-14-17-15(21-18-14)9-20-12-7-6-11(10(2)16)8-13(12)19-3/h6-8,10H,4-5,9,16H2,1-3H3/t10-/m0/s1. The molecule has 0 fully saturated rings. The highest BCUT2D eigenvalue weighted by Crippen LogP contribution is 2.30. The van der Waals surface area contributed by atoms with Crippen molar-refractivity contribution in [1.29, 1.82) is 0 Å². The van der Waals surface area contributed by atoms with Crippen LogP contribution in [0, 0.1) is 0 Å². The Kier molecular flexibility index (Phi) is 5.16. The van der Waals surface area contributed by atoms with E-state index in [0.29, 0.717) is 23.2 Å². The highest BCUT2D eigenvalue weighted by molar-refractivity contribution is 5.43. The molecule has 1 heterocycles. The van der Waals surface area contributed by atoms with E-state index in [2.05, 4.69) is 17.1 Å². The van der Waals surface area contributed by atoms with Crippen LogP contribution in [-0.4, -0.2) is 17.3 Å². The van der Waals surface area contributed by atoms with Crippen molar-refractivity contribution in [1.82, 2.24) is 10.1 Å². The van der Waals surface area contributed by atoms with Crippen LogP contribution >= 0.6 is 0 Å². The molecule has 114 valence electrons. The maximum absolute atomic E-state index is 5.85. The molecule has 0 aliphatic carbocycles. The van der Waals surface area contributed by atoms with E-state index in [1.165, 1.54) is 0 Å². The first-order valence-corrected chi connectivity index (χ1v) is 7.01. The van der Waals surface area contributed by atoms with Gasteiger partial charge in [0, 0.05) is 12.5 Å². The monoisotopic (exact) mass is 291 g/mol. The van der Waals surface area contributed by atoms with Crippen molar-refractivity contribution in [2.75, 3.05) is 7.11 Å². The quantitative estimate of drug-likeness (QED) is 0.844. The van der Waals surface area contributed by atoms with Gasteiger partial charge in [-0.15, -0.1) is 0 Å². The lowest BCUT2D eigenvalue weighted by Crippen LogP contribution is -2.06. The number of ether oxygens (including phenoxy) is 2. The summed E-state index contributed by atoms with van der Waals surface area (Å²) in [5.74, 6) is 2.42. The molecular formula is C15H21N3O3. The number of nitrogens with two attached hydrogens (primary N) is 1. The molecule has 2 N–H and O–H groups in total. The molecule has 1 aromatic heterocycles. The minimum Gasteiger partial charge on any atom is -0.493 e. The van der Waals surface area contributed by atoms with Crippen molar-refractivity contribution in [3.63, 3.8) is 0 Å². The molecule has 0 spiro atoms. The summed E-state index contributed by atoms with van der Waals surface area (Å²) in [6, 6.07) is 5.57. The van der Waals surface area contributed by atoms with E-state index in [9.17, 15) is 0 Å². The van der Waals surface area contributed by atoms with Gasteiger partial charge in [0.25, 0.3) is 5.89 Å². The maximum Gasteiger partial charge on any atom is 0.264 e. The van der Waals surface area contributed by atoms with Gasteiger partial charge in [0.15, 0.2) is 23.9 Å². The molecule has 6 heteroatoms. The molecule has 1 atom stereocenters.